The van der Waals surface area contributed by atoms with Gasteiger partial charge in [0.1, 0.15) is 11.6 Å². The van der Waals surface area contributed by atoms with Crippen LogP contribution in [0.15, 0.2) is 29.6 Å². The van der Waals surface area contributed by atoms with Gasteiger partial charge in [-0.2, -0.15) is 0 Å². The van der Waals surface area contributed by atoms with E-state index in [-0.39, 0.29) is 11.6 Å². The molecule has 1 atom stereocenters. The van der Waals surface area contributed by atoms with E-state index in [0.29, 0.717) is 11.4 Å². The van der Waals surface area contributed by atoms with Gasteiger partial charge in [-0.3, -0.25) is 14.9 Å². The van der Waals surface area contributed by atoms with Gasteiger partial charge in [-0.05, 0) is 31.2 Å². The summed E-state index contributed by atoms with van der Waals surface area (Å²) in [6, 6.07) is 5.15. The number of halogens is 1. The zero-order valence-corrected chi connectivity index (χ0v) is 15.4. The summed E-state index contributed by atoms with van der Waals surface area (Å²) in [4.78, 5) is 38.9. The van der Waals surface area contributed by atoms with Gasteiger partial charge in [0.15, 0.2) is 17.8 Å². The minimum absolute atomic E-state index is 0.00387. The van der Waals surface area contributed by atoms with E-state index >= 15 is 0 Å². The van der Waals surface area contributed by atoms with Gasteiger partial charge < -0.3 is 14.2 Å². The van der Waals surface area contributed by atoms with Gasteiger partial charge in [-0.15, -0.1) is 11.3 Å². The highest BCUT2D eigenvalue weighted by molar-refractivity contribution is 7.13. The molecule has 144 valence electrons. The van der Waals surface area contributed by atoms with E-state index in [0.717, 1.165) is 11.3 Å². The first-order valence-corrected chi connectivity index (χ1v) is 8.65. The molecule has 0 unspecified atom stereocenters. The smallest absolute Gasteiger partial charge is 0.347 e. The largest absolute Gasteiger partial charge is 0.479 e. The molecule has 8 nitrogen and oxygen atoms in total. The minimum atomic E-state index is -0.977. The first-order chi connectivity index (χ1) is 12.9. The van der Waals surface area contributed by atoms with E-state index in [1.54, 1.807) is 5.38 Å². The van der Waals surface area contributed by atoms with E-state index in [1.807, 2.05) is 0 Å². The molecular weight excluding hydrogens is 379 g/mol. The molecule has 0 saturated carbocycles. The van der Waals surface area contributed by atoms with Gasteiger partial charge in [-0.25, -0.2) is 14.2 Å². The molecular formula is C17H17FN2O6S. The number of carbonyl (C=O) groups excluding carboxylic acids is 3. The van der Waals surface area contributed by atoms with E-state index in [1.165, 1.54) is 38.3 Å². The van der Waals surface area contributed by atoms with E-state index in [9.17, 15) is 18.8 Å². The molecule has 0 fully saturated rings. The molecule has 0 aliphatic heterocycles. The van der Waals surface area contributed by atoms with Crippen LogP contribution in [0.1, 0.15) is 12.6 Å². The van der Waals surface area contributed by atoms with Crippen LogP contribution in [0, 0.1) is 5.82 Å². The minimum Gasteiger partial charge on any atom is -0.479 e. The second-order valence-electron chi connectivity index (χ2n) is 5.27. The Morgan fingerprint density at radius 3 is 2.63 bits per heavy atom. The van der Waals surface area contributed by atoms with Crippen molar-refractivity contribution in [3.63, 3.8) is 0 Å². The number of nitrogens with one attached hydrogen (secondary N) is 1. The van der Waals surface area contributed by atoms with Gasteiger partial charge in [-0.1, -0.05) is 0 Å². The standard InChI is InChI=1S/C17H17FN2O6S/c1-10(26-13-5-3-11(18)4-6-13)16(23)25-8-14(21)20-17-19-12(9-27-17)7-15(22)24-2/h3-6,9-10H,7-8H2,1-2H3,(H,19,20,21)/t10-/m0/s1. The Kier molecular flexibility index (Phi) is 7.24. The predicted molar refractivity (Wildman–Crippen MR) is 93.9 cm³/mol. The zero-order chi connectivity index (χ0) is 19.8. The van der Waals surface area contributed by atoms with Crippen LogP contribution in [-0.2, 0) is 30.3 Å². The third kappa shape index (κ3) is 6.66. The summed E-state index contributed by atoms with van der Waals surface area (Å²) in [5.41, 5.74) is 0.459. The molecule has 2 rings (SSSR count). The molecule has 0 aliphatic rings. The highest BCUT2D eigenvalue weighted by Crippen LogP contribution is 2.16. The normalized spacial score (nSPS) is 11.4. The van der Waals surface area contributed by atoms with E-state index in [2.05, 4.69) is 15.0 Å². The van der Waals surface area contributed by atoms with Crippen LogP contribution >= 0.6 is 11.3 Å². The van der Waals surface area contributed by atoms with Crippen LogP contribution in [0.4, 0.5) is 9.52 Å². The summed E-state index contributed by atoms with van der Waals surface area (Å²) in [6.07, 6.45) is -0.981. The lowest BCUT2D eigenvalue weighted by Crippen LogP contribution is -2.29. The molecule has 1 N–H and O–H groups in total. The number of benzene rings is 1. The maximum Gasteiger partial charge on any atom is 0.347 e. The summed E-state index contributed by atoms with van der Waals surface area (Å²) in [5.74, 6) is -1.91. The fourth-order valence-electron chi connectivity index (χ4n) is 1.84. The SMILES string of the molecule is COC(=O)Cc1csc(NC(=O)COC(=O)[C@H](C)Oc2ccc(F)cc2)n1. The second kappa shape index (κ2) is 9.62. The van der Waals surface area contributed by atoms with Gasteiger partial charge in [0.25, 0.3) is 5.91 Å². The monoisotopic (exact) mass is 396 g/mol. The fraction of sp³-hybridized carbons (Fsp3) is 0.294. The number of amides is 1. The Morgan fingerprint density at radius 1 is 1.26 bits per heavy atom. The summed E-state index contributed by atoms with van der Waals surface area (Å²) < 4.78 is 27.5. The molecule has 1 amide bonds. The van der Waals surface area contributed by atoms with Crippen molar-refractivity contribution in [1.82, 2.24) is 4.98 Å². The number of esters is 2. The van der Waals surface area contributed by atoms with Crippen LogP contribution in [0.2, 0.25) is 0 Å². The molecule has 10 heteroatoms. The molecule has 0 bridgehead atoms. The number of aromatic nitrogens is 1. The first kappa shape index (κ1) is 20.3. The summed E-state index contributed by atoms with van der Waals surface area (Å²) in [7, 11) is 1.27. The molecule has 0 aliphatic carbocycles. The lowest BCUT2D eigenvalue weighted by molar-refractivity contribution is -0.153. The third-order valence-electron chi connectivity index (χ3n) is 3.16. The lowest BCUT2D eigenvalue weighted by atomic mass is 10.3. The van der Waals surface area contributed by atoms with Crippen molar-refractivity contribution in [1.29, 1.82) is 0 Å². The van der Waals surface area contributed by atoms with Crippen molar-refractivity contribution >= 4 is 34.3 Å². The Bertz CT molecular complexity index is 808. The number of methoxy groups -OCH3 is 1. The van der Waals surface area contributed by atoms with Gasteiger partial charge in [0, 0.05) is 5.38 Å². The Morgan fingerprint density at radius 2 is 1.96 bits per heavy atom. The Hall–Kier alpha value is -3.01. The fourth-order valence-corrected chi connectivity index (χ4v) is 2.57. The number of thiazole rings is 1. The van der Waals surface area contributed by atoms with E-state index < -0.39 is 36.4 Å². The molecule has 0 radical (unpaired) electrons. The van der Waals surface area contributed by atoms with Crippen molar-refractivity contribution in [2.45, 2.75) is 19.4 Å². The molecule has 1 aromatic carbocycles. The average molecular weight is 396 g/mol. The highest BCUT2D eigenvalue weighted by atomic mass is 32.1. The van der Waals surface area contributed by atoms with Gasteiger partial charge in [0.2, 0.25) is 0 Å². The molecule has 0 spiro atoms. The molecule has 2 aromatic rings. The third-order valence-corrected chi connectivity index (χ3v) is 3.96. The number of hydrogen-bond acceptors (Lipinski definition) is 8. The van der Waals surface area contributed by atoms with Crippen molar-refractivity contribution in [3.05, 3.63) is 41.2 Å². The van der Waals surface area contributed by atoms with E-state index in [4.69, 9.17) is 9.47 Å². The molecule has 0 saturated heterocycles. The Balaban J connectivity index is 1.76. The predicted octanol–water partition coefficient (Wildman–Crippen LogP) is 1.95. The Labute approximate surface area is 158 Å². The maximum absolute atomic E-state index is 12.8. The van der Waals surface area contributed by atoms with Crippen LogP contribution < -0.4 is 10.1 Å². The maximum atomic E-state index is 12.8. The van der Waals surface area contributed by atoms with Crippen molar-refractivity contribution in [2.75, 3.05) is 19.0 Å². The highest BCUT2D eigenvalue weighted by Gasteiger charge is 2.18. The number of hydrogen-bond donors (Lipinski definition) is 1. The molecule has 1 heterocycles. The quantitative estimate of drug-likeness (QED) is 0.680. The van der Waals surface area contributed by atoms with Crippen LogP contribution in [0.5, 0.6) is 5.75 Å². The summed E-state index contributed by atoms with van der Waals surface area (Å²) >= 11 is 1.13. The summed E-state index contributed by atoms with van der Waals surface area (Å²) in [5, 5.41) is 4.34. The lowest BCUT2D eigenvalue weighted by Gasteiger charge is -2.13. The topological polar surface area (TPSA) is 104 Å². The van der Waals surface area contributed by atoms with Crippen molar-refractivity contribution in [2.24, 2.45) is 0 Å². The number of carbonyl (C=O) groups is 3. The average Bonchev–Trinajstić information content (AvgIpc) is 3.08. The van der Waals surface area contributed by atoms with Crippen molar-refractivity contribution < 1.29 is 33.0 Å². The zero-order valence-electron chi connectivity index (χ0n) is 14.6. The number of rotatable bonds is 8. The number of anilines is 1. The number of nitrogens with zero attached hydrogens (tertiary/aromatic N) is 1. The first-order valence-electron chi connectivity index (χ1n) is 7.77. The van der Waals surface area contributed by atoms with Crippen LogP contribution in [0.25, 0.3) is 0 Å². The van der Waals surface area contributed by atoms with Crippen LogP contribution in [-0.4, -0.2) is 42.7 Å². The number of ether oxygens (including phenoxy) is 3. The molecule has 27 heavy (non-hydrogen) atoms. The summed E-state index contributed by atoms with van der Waals surface area (Å²) in [6.45, 7) is 0.922. The van der Waals surface area contributed by atoms with Crippen LogP contribution in [0.3, 0.4) is 0 Å². The van der Waals surface area contributed by atoms with Gasteiger partial charge >= 0.3 is 11.9 Å². The second-order valence-corrected chi connectivity index (χ2v) is 6.12. The molecule has 1 aromatic heterocycles. The van der Waals surface area contributed by atoms with Gasteiger partial charge in [0.05, 0.1) is 19.2 Å². The van der Waals surface area contributed by atoms with Crippen molar-refractivity contribution in [3.8, 4) is 5.75 Å².